The van der Waals surface area contributed by atoms with Crippen molar-refractivity contribution in [2.45, 2.75) is 32.3 Å². The number of hydrogen-bond donors (Lipinski definition) is 1. The average molecular weight is 248 g/mol. The van der Waals surface area contributed by atoms with E-state index in [4.69, 9.17) is 9.84 Å². The minimum absolute atomic E-state index is 0.0282. The predicted octanol–water partition coefficient (Wildman–Crippen LogP) is 2.37. The molecule has 1 aliphatic rings. The molecule has 4 heteroatoms. The van der Waals surface area contributed by atoms with Crippen LogP contribution in [0.1, 0.15) is 31.2 Å². The molecule has 0 atom stereocenters. The van der Waals surface area contributed by atoms with Crippen LogP contribution in [0.3, 0.4) is 0 Å². The number of aliphatic carboxylic acids is 1. The quantitative estimate of drug-likeness (QED) is 0.785. The molecule has 1 aromatic carbocycles. The fourth-order valence-electron chi connectivity index (χ4n) is 1.93. The molecule has 0 saturated heterocycles. The summed E-state index contributed by atoms with van der Waals surface area (Å²) in [6.45, 7) is 0.258. The van der Waals surface area contributed by atoms with Crippen molar-refractivity contribution >= 4 is 11.9 Å². The van der Waals surface area contributed by atoms with Crippen molar-refractivity contribution in [3.05, 3.63) is 35.9 Å². The van der Waals surface area contributed by atoms with Crippen LogP contribution in [0.15, 0.2) is 30.3 Å². The van der Waals surface area contributed by atoms with Gasteiger partial charge in [-0.05, 0) is 24.8 Å². The second kappa shape index (κ2) is 5.21. The highest BCUT2D eigenvalue weighted by Crippen LogP contribution is 2.50. The molecule has 1 fully saturated rings. The summed E-state index contributed by atoms with van der Waals surface area (Å²) in [6.07, 6.45) is 1.90. The van der Waals surface area contributed by atoms with Crippen molar-refractivity contribution in [1.29, 1.82) is 0 Å². The summed E-state index contributed by atoms with van der Waals surface area (Å²) in [5.74, 6) is -1.12. The Morgan fingerprint density at radius 3 is 2.44 bits per heavy atom. The molecule has 0 spiro atoms. The van der Waals surface area contributed by atoms with E-state index in [1.54, 1.807) is 0 Å². The van der Waals surface area contributed by atoms with Crippen molar-refractivity contribution < 1.29 is 19.4 Å². The third kappa shape index (κ3) is 3.09. The minimum atomic E-state index is -0.864. The van der Waals surface area contributed by atoms with Crippen LogP contribution in [0.25, 0.3) is 0 Å². The average Bonchev–Trinajstić information content (AvgIpc) is 3.16. The Kier molecular flexibility index (Phi) is 3.65. The third-order valence-corrected chi connectivity index (χ3v) is 3.32. The molecular weight excluding hydrogens is 232 g/mol. The zero-order valence-electron chi connectivity index (χ0n) is 10.1. The number of carboxylic acids is 1. The van der Waals surface area contributed by atoms with Crippen molar-refractivity contribution in [3.8, 4) is 0 Å². The molecule has 1 N–H and O–H groups in total. The van der Waals surface area contributed by atoms with Crippen LogP contribution >= 0.6 is 0 Å². The first kappa shape index (κ1) is 12.6. The maximum atomic E-state index is 11.9. The minimum Gasteiger partial charge on any atom is -0.481 e. The summed E-state index contributed by atoms with van der Waals surface area (Å²) in [5.41, 5.74) is 0.424. The van der Waals surface area contributed by atoms with E-state index >= 15 is 0 Å². The van der Waals surface area contributed by atoms with Gasteiger partial charge < -0.3 is 9.84 Å². The number of hydrogen-bond acceptors (Lipinski definition) is 3. The van der Waals surface area contributed by atoms with Crippen molar-refractivity contribution in [3.63, 3.8) is 0 Å². The molecule has 0 radical (unpaired) electrons. The number of esters is 1. The molecule has 1 saturated carbocycles. The number of ether oxygens (including phenoxy) is 1. The first-order chi connectivity index (χ1) is 8.62. The molecule has 1 aromatic rings. The lowest BCUT2D eigenvalue weighted by Crippen LogP contribution is -2.20. The first-order valence-corrected chi connectivity index (χ1v) is 6.05. The first-order valence-electron chi connectivity index (χ1n) is 6.05. The SMILES string of the molecule is O=C(O)CCC1(C(=O)OCc2ccccc2)CC1. The number of carbonyl (C=O) groups is 2. The summed E-state index contributed by atoms with van der Waals surface area (Å²) in [6, 6.07) is 9.47. The number of rotatable bonds is 6. The van der Waals surface area contributed by atoms with E-state index in [9.17, 15) is 9.59 Å². The predicted molar refractivity (Wildman–Crippen MR) is 64.8 cm³/mol. The lowest BCUT2D eigenvalue weighted by atomic mass is 10.0. The largest absolute Gasteiger partial charge is 0.481 e. The summed E-state index contributed by atoms with van der Waals surface area (Å²) < 4.78 is 5.26. The van der Waals surface area contributed by atoms with Crippen LogP contribution in [0, 0.1) is 5.41 Å². The Bertz CT molecular complexity index is 434. The number of benzene rings is 1. The van der Waals surface area contributed by atoms with Gasteiger partial charge in [-0.3, -0.25) is 9.59 Å². The summed E-state index contributed by atoms with van der Waals surface area (Å²) >= 11 is 0. The van der Waals surface area contributed by atoms with E-state index < -0.39 is 11.4 Å². The lowest BCUT2D eigenvalue weighted by molar-refractivity contribution is -0.152. The standard InChI is InChI=1S/C14H16O4/c15-12(16)6-7-14(8-9-14)13(17)18-10-11-4-2-1-3-5-11/h1-5H,6-10H2,(H,15,16). The van der Waals surface area contributed by atoms with Gasteiger partial charge in [0, 0.05) is 6.42 Å². The molecule has 18 heavy (non-hydrogen) atoms. The maximum Gasteiger partial charge on any atom is 0.312 e. The van der Waals surface area contributed by atoms with E-state index in [-0.39, 0.29) is 19.0 Å². The normalized spacial score (nSPS) is 16.0. The van der Waals surface area contributed by atoms with Crippen molar-refractivity contribution in [2.24, 2.45) is 5.41 Å². The highest BCUT2D eigenvalue weighted by atomic mass is 16.5. The molecule has 0 amide bonds. The smallest absolute Gasteiger partial charge is 0.312 e. The van der Waals surface area contributed by atoms with Crippen LogP contribution < -0.4 is 0 Å². The molecule has 0 heterocycles. The second-order valence-electron chi connectivity index (χ2n) is 4.74. The summed E-state index contributed by atoms with van der Waals surface area (Å²) in [7, 11) is 0. The van der Waals surface area contributed by atoms with Gasteiger partial charge in [-0.1, -0.05) is 30.3 Å². The molecule has 0 aromatic heterocycles. The zero-order chi connectivity index (χ0) is 13.0. The molecule has 1 aliphatic carbocycles. The van der Waals surface area contributed by atoms with E-state index in [2.05, 4.69) is 0 Å². The van der Waals surface area contributed by atoms with E-state index in [0.29, 0.717) is 6.42 Å². The van der Waals surface area contributed by atoms with Crippen LogP contribution in [-0.2, 0) is 20.9 Å². The highest BCUT2D eigenvalue weighted by molar-refractivity contribution is 5.80. The van der Waals surface area contributed by atoms with Crippen molar-refractivity contribution in [1.82, 2.24) is 0 Å². The topological polar surface area (TPSA) is 63.6 Å². The van der Waals surface area contributed by atoms with Gasteiger partial charge in [0.2, 0.25) is 0 Å². The van der Waals surface area contributed by atoms with Gasteiger partial charge in [0.05, 0.1) is 5.41 Å². The number of carboxylic acid groups (broad SMARTS) is 1. The Morgan fingerprint density at radius 2 is 1.89 bits per heavy atom. The lowest BCUT2D eigenvalue weighted by Gasteiger charge is -2.13. The van der Waals surface area contributed by atoms with Gasteiger partial charge in [-0.2, -0.15) is 0 Å². The molecular formula is C14H16O4. The molecule has 96 valence electrons. The van der Waals surface area contributed by atoms with Gasteiger partial charge >= 0.3 is 11.9 Å². The summed E-state index contributed by atoms with van der Waals surface area (Å²) in [5, 5.41) is 8.64. The Balaban J connectivity index is 1.83. The van der Waals surface area contributed by atoms with Gasteiger partial charge in [0.15, 0.2) is 0 Å². The monoisotopic (exact) mass is 248 g/mol. The molecule has 2 rings (SSSR count). The van der Waals surface area contributed by atoms with Gasteiger partial charge in [0.1, 0.15) is 6.61 Å². The van der Waals surface area contributed by atoms with Crippen LogP contribution in [0.4, 0.5) is 0 Å². The number of carbonyl (C=O) groups excluding carboxylic acids is 1. The third-order valence-electron chi connectivity index (χ3n) is 3.32. The molecule has 4 nitrogen and oxygen atoms in total. The van der Waals surface area contributed by atoms with E-state index in [1.165, 1.54) is 0 Å². The summed E-state index contributed by atoms with van der Waals surface area (Å²) in [4.78, 5) is 22.4. The molecule has 0 aliphatic heterocycles. The highest BCUT2D eigenvalue weighted by Gasteiger charge is 2.51. The van der Waals surface area contributed by atoms with E-state index in [0.717, 1.165) is 18.4 Å². The van der Waals surface area contributed by atoms with Crippen LogP contribution in [0.5, 0.6) is 0 Å². The Hall–Kier alpha value is -1.84. The van der Waals surface area contributed by atoms with Gasteiger partial charge in [-0.15, -0.1) is 0 Å². The van der Waals surface area contributed by atoms with Crippen LogP contribution in [0.2, 0.25) is 0 Å². The Labute approximate surface area is 106 Å². The molecule has 0 bridgehead atoms. The maximum absolute atomic E-state index is 11.9. The van der Waals surface area contributed by atoms with Crippen LogP contribution in [-0.4, -0.2) is 17.0 Å². The van der Waals surface area contributed by atoms with Crippen molar-refractivity contribution in [2.75, 3.05) is 0 Å². The molecule has 0 unspecified atom stereocenters. The fraction of sp³-hybridized carbons (Fsp3) is 0.429. The zero-order valence-corrected chi connectivity index (χ0v) is 10.1. The van der Waals surface area contributed by atoms with Gasteiger partial charge in [0.25, 0.3) is 0 Å². The van der Waals surface area contributed by atoms with E-state index in [1.807, 2.05) is 30.3 Å². The second-order valence-corrected chi connectivity index (χ2v) is 4.74. The Morgan fingerprint density at radius 1 is 1.22 bits per heavy atom. The van der Waals surface area contributed by atoms with Gasteiger partial charge in [-0.25, -0.2) is 0 Å². The fourth-order valence-corrected chi connectivity index (χ4v) is 1.93.